The molecule has 100 valence electrons. The van der Waals surface area contributed by atoms with Crippen LogP contribution in [0.4, 0.5) is 15.8 Å². The van der Waals surface area contributed by atoms with Crippen molar-refractivity contribution in [2.24, 2.45) is 0 Å². The summed E-state index contributed by atoms with van der Waals surface area (Å²) < 4.78 is 13.8. The minimum absolute atomic E-state index is 0.0812. The summed E-state index contributed by atoms with van der Waals surface area (Å²) in [5.41, 5.74) is 2.77. The van der Waals surface area contributed by atoms with Crippen LogP contribution >= 0.6 is 0 Å². The topological polar surface area (TPSA) is 15.3 Å². The Morgan fingerprint density at radius 3 is 2.32 bits per heavy atom. The van der Waals surface area contributed by atoms with Gasteiger partial charge in [0.15, 0.2) is 0 Å². The van der Waals surface area contributed by atoms with Crippen molar-refractivity contribution >= 4 is 11.4 Å². The van der Waals surface area contributed by atoms with E-state index in [2.05, 4.69) is 5.32 Å². The maximum atomic E-state index is 13.8. The van der Waals surface area contributed by atoms with Crippen LogP contribution in [0.5, 0.6) is 0 Å². The van der Waals surface area contributed by atoms with E-state index in [4.69, 9.17) is 0 Å². The lowest BCUT2D eigenvalue weighted by Crippen LogP contribution is -2.14. The largest absolute Gasteiger partial charge is 0.377 e. The summed E-state index contributed by atoms with van der Waals surface area (Å²) in [4.78, 5) is 2.04. The summed E-state index contributed by atoms with van der Waals surface area (Å²) in [6, 6.07) is 14.8. The molecule has 0 saturated carbocycles. The third-order valence-corrected chi connectivity index (χ3v) is 3.13. The van der Waals surface area contributed by atoms with Gasteiger partial charge >= 0.3 is 0 Å². The lowest BCUT2D eigenvalue weighted by molar-refractivity contribution is 0.600. The van der Waals surface area contributed by atoms with Gasteiger partial charge in [-0.05, 0) is 25.1 Å². The van der Waals surface area contributed by atoms with Crippen LogP contribution in [-0.2, 0) is 0 Å². The third-order valence-electron chi connectivity index (χ3n) is 3.13. The van der Waals surface area contributed by atoms with Crippen molar-refractivity contribution in [2.45, 2.75) is 13.0 Å². The molecule has 1 unspecified atom stereocenters. The van der Waals surface area contributed by atoms with Crippen LogP contribution in [0, 0.1) is 5.82 Å². The molecule has 0 aliphatic heterocycles. The molecule has 0 spiro atoms. The summed E-state index contributed by atoms with van der Waals surface area (Å²) in [6.45, 7) is 1.96. The van der Waals surface area contributed by atoms with E-state index < -0.39 is 0 Å². The molecule has 1 atom stereocenters. The van der Waals surface area contributed by atoms with Gasteiger partial charge in [0.2, 0.25) is 0 Å². The number of nitrogens with zero attached hydrogens (tertiary/aromatic N) is 1. The van der Waals surface area contributed by atoms with Crippen LogP contribution in [0.3, 0.4) is 0 Å². The number of halogens is 1. The highest BCUT2D eigenvalue weighted by molar-refractivity contribution is 5.69. The molecule has 0 fully saturated rings. The first-order chi connectivity index (χ1) is 9.09. The Balaban J connectivity index is 2.24. The highest BCUT2D eigenvalue weighted by atomic mass is 19.1. The van der Waals surface area contributed by atoms with E-state index in [1.165, 1.54) is 6.07 Å². The first kappa shape index (κ1) is 13.4. The zero-order chi connectivity index (χ0) is 13.8. The third kappa shape index (κ3) is 3.05. The maximum Gasteiger partial charge on any atom is 0.128 e. The van der Waals surface area contributed by atoms with E-state index in [1.54, 1.807) is 6.07 Å². The van der Waals surface area contributed by atoms with Gasteiger partial charge in [-0.15, -0.1) is 0 Å². The Hall–Kier alpha value is -2.03. The normalized spacial score (nSPS) is 12.0. The molecule has 0 saturated heterocycles. The first-order valence-electron chi connectivity index (χ1n) is 6.37. The highest BCUT2D eigenvalue weighted by Crippen LogP contribution is 2.28. The van der Waals surface area contributed by atoms with Gasteiger partial charge in [0, 0.05) is 19.7 Å². The average Bonchev–Trinajstić information content (AvgIpc) is 2.39. The molecule has 0 aromatic heterocycles. The summed E-state index contributed by atoms with van der Waals surface area (Å²) in [5.74, 6) is -0.176. The van der Waals surface area contributed by atoms with Gasteiger partial charge in [0.25, 0.3) is 0 Å². The molecule has 2 nitrogen and oxygen atoms in total. The molecule has 0 aliphatic rings. The number of para-hydroxylation sites is 2. The second-order valence-electron chi connectivity index (χ2n) is 4.80. The Kier molecular flexibility index (Phi) is 4.05. The number of anilines is 2. The van der Waals surface area contributed by atoms with Gasteiger partial charge < -0.3 is 10.2 Å². The summed E-state index contributed by atoms with van der Waals surface area (Å²) >= 11 is 0. The number of hydrogen-bond acceptors (Lipinski definition) is 2. The number of hydrogen-bond donors (Lipinski definition) is 1. The van der Waals surface area contributed by atoms with Crippen molar-refractivity contribution in [2.75, 3.05) is 24.3 Å². The fourth-order valence-electron chi connectivity index (χ4n) is 2.12. The van der Waals surface area contributed by atoms with Gasteiger partial charge in [0.1, 0.15) is 5.82 Å². The summed E-state index contributed by atoms with van der Waals surface area (Å²) in [6.07, 6.45) is 0. The molecule has 0 heterocycles. The molecule has 2 rings (SSSR count). The fraction of sp³-hybridized carbons (Fsp3) is 0.250. The van der Waals surface area contributed by atoms with E-state index in [0.717, 1.165) is 11.4 Å². The van der Waals surface area contributed by atoms with E-state index in [0.29, 0.717) is 5.56 Å². The van der Waals surface area contributed by atoms with Gasteiger partial charge in [-0.3, -0.25) is 0 Å². The quantitative estimate of drug-likeness (QED) is 0.889. The van der Waals surface area contributed by atoms with Crippen molar-refractivity contribution in [1.82, 2.24) is 0 Å². The standard InChI is InChI=1S/C16H19FN2/c1-12(13-8-4-5-9-14(13)17)18-15-10-6-7-11-16(15)19(2)3/h4-12,18H,1-3H3. The minimum Gasteiger partial charge on any atom is -0.377 e. The van der Waals surface area contributed by atoms with Crippen LogP contribution in [0.25, 0.3) is 0 Å². The molecule has 2 aromatic rings. The van der Waals surface area contributed by atoms with Crippen molar-refractivity contribution in [3.05, 3.63) is 59.9 Å². The molecule has 3 heteroatoms. The molecule has 0 bridgehead atoms. The van der Waals surface area contributed by atoms with E-state index >= 15 is 0 Å². The minimum atomic E-state index is -0.176. The smallest absolute Gasteiger partial charge is 0.128 e. The molecule has 19 heavy (non-hydrogen) atoms. The Morgan fingerprint density at radius 1 is 1.00 bits per heavy atom. The van der Waals surface area contributed by atoms with Gasteiger partial charge in [-0.25, -0.2) is 4.39 Å². The Labute approximate surface area is 113 Å². The maximum absolute atomic E-state index is 13.8. The van der Waals surface area contributed by atoms with Crippen LogP contribution in [0.1, 0.15) is 18.5 Å². The van der Waals surface area contributed by atoms with Crippen LogP contribution in [0.15, 0.2) is 48.5 Å². The second-order valence-corrected chi connectivity index (χ2v) is 4.80. The Bertz CT molecular complexity index is 552. The number of nitrogens with one attached hydrogen (secondary N) is 1. The van der Waals surface area contributed by atoms with Crippen molar-refractivity contribution in [3.8, 4) is 0 Å². The van der Waals surface area contributed by atoms with Gasteiger partial charge in [0.05, 0.1) is 17.4 Å². The highest BCUT2D eigenvalue weighted by Gasteiger charge is 2.12. The van der Waals surface area contributed by atoms with E-state index in [9.17, 15) is 4.39 Å². The summed E-state index contributed by atoms with van der Waals surface area (Å²) in [5, 5.41) is 3.37. The van der Waals surface area contributed by atoms with Crippen molar-refractivity contribution < 1.29 is 4.39 Å². The van der Waals surface area contributed by atoms with Gasteiger partial charge in [-0.1, -0.05) is 30.3 Å². The molecule has 0 aliphatic carbocycles. The molecule has 0 radical (unpaired) electrons. The van der Waals surface area contributed by atoms with Crippen molar-refractivity contribution in [1.29, 1.82) is 0 Å². The zero-order valence-electron chi connectivity index (χ0n) is 11.5. The molecular weight excluding hydrogens is 239 g/mol. The van der Waals surface area contributed by atoms with Crippen LogP contribution in [-0.4, -0.2) is 14.1 Å². The molecule has 0 amide bonds. The first-order valence-corrected chi connectivity index (χ1v) is 6.37. The van der Waals surface area contributed by atoms with Gasteiger partial charge in [-0.2, -0.15) is 0 Å². The number of rotatable bonds is 4. The van der Waals surface area contributed by atoms with E-state index in [1.807, 2.05) is 62.3 Å². The monoisotopic (exact) mass is 258 g/mol. The molecule has 2 aromatic carbocycles. The van der Waals surface area contributed by atoms with Crippen molar-refractivity contribution in [3.63, 3.8) is 0 Å². The predicted octanol–water partition coefficient (Wildman–Crippen LogP) is 4.06. The summed E-state index contributed by atoms with van der Waals surface area (Å²) in [7, 11) is 3.99. The lowest BCUT2D eigenvalue weighted by Gasteiger charge is -2.22. The average molecular weight is 258 g/mol. The molecule has 1 N–H and O–H groups in total. The predicted molar refractivity (Wildman–Crippen MR) is 79.2 cm³/mol. The second kappa shape index (κ2) is 5.74. The number of benzene rings is 2. The fourth-order valence-corrected chi connectivity index (χ4v) is 2.12. The SMILES string of the molecule is CC(Nc1ccccc1N(C)C)c1ccccc1F. The Morgan fingerprint density at radius 2 is 1.63 bits per heavy atom. The molecular formula is C16H19FN2. The zero-order valence-corrected chi connectivity index (χ0v) is 11.5. The lowest BCUT2D eigenvalue weighted by atomic mass is 10.1. The van der Waals surface area contributed by atoms with Crippen LogP contribution < -0.4 is 10.2 Å². The van der Waals surface area contributed by atoms with Crippen LogP contribution in [0.2, 0.25) is 0 Å². The van der Waals surface area contributed by atoms with E-state index in [-0.39, 0.29) is 11.9 Å².